The number of ether oxygens (including phenoxy) is 1. The van der Waals surface area contributed by atoms with Gasteiger partial charge >= 0.3 is 0 Å². The van der Waals surface area contributed by atoms with Gasteiger partial charge in [-0.05, 0) is 24.3 Å². The molecule has 0 unspecified atom stereocenters. The Morgan fingerprint density at radius 1 is 1.30 bits per heavy atom. The normalized spacial score (nSPS) is 25.8. The van der Waals surface area contributed by atoms with Crippen molar-refractivity contribution in [2.45, 2.75) is 12.1 Å². The number of likely N-dealkylation sites (N-methyl/N-ethyl adjacent to an activating group) is 1. The Morgan fingerprint density at radius 2 is 2.00 bits per heavy atom. The minimum absolute atomic E-state index is 0.0657. The van der Waals surface area contributed by atoms with Gasteiger partial charge in [0.1, 0.15) is 12.4 Å². The van der Waals surface area contributed by atoms with E-state index in [0.29, 0.717) is 18.7 Å². The lowest BCUT2D eigenvalue weighted by Gasteiger charge is -2.33. The Hall–Kier alpha value is -1.95. The molecule has 20 heavy (non-hydrogen) atoms. The summed E-state index contributed by atoms with van der Waals surface area (Å²) in [6.07, 6.45) is -0.137. The van der Waals surface area contributed by atoms with E-state index < -0.39 is 0 Å². The summed E-state index contributed by atoms with van der Waals surface area (Å²) >= 11 is 0. The summed E-state index contributed by atoms with van der Waals surface area (Å²) in [5.41, 5.74) is 0.444. The number of hydrogen-bond acceptors (Lipinski definition) is 3. The largest absolute Gasteiger partial charge is 0.364 e. The second kappa shape index (κ2) is 4.86. The minimum atomic E-state index is -0.370. The molecule has 0 aliphatic carbocycles. The molecule has 2 atom stereocenters. The van der Waals surface area contributed by atoms with E-state index >= 15 is 0 Å². The van der Waals surface area contributed by atoms with Crippen molar-refractivity contribution in [3.8, 4) is 0 Å². The minimum Gasteiger partial charge on any atom is -0.364 e. The average molecular weight is 278 g/mol. The number of rotatable bonds is 1. The van der Waals surface area contributed by atoms with Crippen molar-refractivity contribution in [1.29, 1.82) is 0 Å². The molecule has 0 N–H and O–H groups in total. The number of morpholine rings is 1. The van der Waals surface area contributed by atoms with Gasteiger partial charge in [0.2, 0.25) is 5.91 Å². The molecular formula is C14H15FN2O3. The Balaban J connectivity index is 1.75. The van der Waals surface area contributed by atoms with Crippen molar-refractivity contribution in [2.75, 3.05) is 26.7 Å². The van der Waals surface area contributed by atoms with Crippen molar-refractivity contribution in [1.82, 2.24) is 9.80 Å². The van der Waals surface area contributed by atoms with Gasteiger partial charge in [0.25, 0.3) is 5.91 Å². The van der Waals surface area contributed by atoms with E-state index in [2.05, 4.69) is 0 Å². The van der Waals surface area contributed by atoms with Crippen LogP contribution in [0, 0.1) is 5.82 Å². The number of amides is 2. The number of fused-ring (bicyclic) bond motifs is 1. The van der Waals surface area contributed by atoms with Gasteiger partial charge in [-0.25, -0.2) is 4.39 Å². The van der Waals surface area contributed by atoms with E-state index in [1.165, 1.54) is 24.3 Å². The fraction of sp³-hybridized carbons (Fsp3) is 0.429. The summed E-state index contributed by atoms with van der Waals surface area (Å²) in [6.45, 7) is 0.970. The molecule has 2 aliphatic rings. The highest BCUT2D eigenvalue weighted by atomic mass is 19.1. The number of hydrogen-bond donors (Lipinski definition) is 0. The fourth-order valence-electron chi connectivity index (χ4n) is 2.70. The van der Waals surface area contributed by atoms with Crippen LogP contribution in [0.25, 0.3) is 0 Å². The van der Waals surface area contributed by atoms with E-state index in [-0.39, 0.29) is 36.4 Å². The Morgan fingerprint density at radius 3 is 2.70 bits per heavy atom. The molecule has 1 aromatic rings. The van der Waals surface area contributed by atoms with Crippen LogP contribution in [0.15, 0.2) is 24.3 Å². The number of likely N-dealkylation sites (tertiary alicyclic amines) is 1. The van der Waals surface area contributed by atoms with Crippen molar-refractivity contribution in [3.63, 3.8) is 0 Å². The van der Waals surface area contributed by atoms with Crippen molar-refractivity contribution in [2.24, 2.45) is 0 Å². The molecule has 2 amide bonds. The molecule has 2 saturated heterocycles. The smallest absolute Gasteiger partial charge is 0.254 e. The van der Waals surface area contributed by atoms with Gasteiger partial charge < -0.3 is 14.5 Å². The third-order valence-electron chi connectivity index (χ3n) is 3.93. The molecule has 5 nitrogen and oxygen atoms in total. The summed E-state index contributed by atoms with van der Waals surface area (Å²) in [7, 11) is 1.73. The Bertz CT molecular complexity index is 546. The van der Waals surface area contributed by atoms with Gasteiger partial charge in [-0.15, -0.1) is 0 Å². The molecule has 1 aromatic carbocycles. The Labute approximate surface area is 115 Å². The second-order valence-electron chi connectivity index (χ2n) is 5.14. The maximum atomic E-state index is 12.9. The number of carbonyl (C=O) groups is 2. The fourth-order valence-corrected chi connectivity index (χ4v) is 2.70. The van der Waals surface area contributed by atoms with Crippen LogP contribution in [0.2, 0.25) is 0 Å². The van der Waals surface area contributed by atoms with Crippen molar-refractivity contribution in [3.05, 3.63) is 35.6 Å². The van der Waals surface area contributed by atoms with Gasteiger partial charge in [0, 0.05) is 25.7 Å². The van der Waals surface area contributed by atoms with E-state index in [1.54, 1.807) is 16.8 Å². The van der Waals surface area contributed by atoms with E-state index in [9.17, 15) is 14.0 Å². The van der Waals surface area contributed by atoms with Gasteiger partial charge in [0.15, 0.2) is 0 Å². The number of nitrogens with zero attached hydrogens (tertiary/aromatic N) is 2. The summed E-state index contributed by atoms with van der Waals surface area (Å²) in [6, 6.07) is 5.37. The maximum Gasteiger partial charge on any atom is 0.254 e. The van der Waals surface area contributed by atoms with Crippen LogP contribution in [0.1, 0.15) is 10.4 Å². The zero-order chi connectivity index (χ0) is 14.3. The number of benzene rings is 1. The van der Waals surface area contributed by atoms with Crippen LogP contribution in [0.4, 0.5) is 4.39 Å². The molecular weight excluding hydrogens is 263 g/mol. The first-order valence-electron chi connectivity index (χ1n) is 6.48. The van der Waals surface area contributed by atoms with Crippen LogP contribution in [0.3, 0.4) is 0 Å². The van der Waals surface area contributed by atoms with Gasteiger partial charge in [-0.2, -0.15) is 0 Å². The van der Waals surface area contributed by atoms with E-state index in [0.717, 1.165) is 0 Å². The molecule has 0 spiro atoms. The summed E-state index contributed by atoms with van der Waals surface area (Å²) in [5.74, 6) is -0.600. The SMILES string of the molecule is CN1C(=O)CO[C@H]2CN(C(=O)c3ccc(F)cc3)C[C@H]21. The molecule has 0 saturated carbocycles. The first kappa shape index (κ1) is 13.1. The molecule has 0 aromatic heterocycles. The lowest BCUT2D eigenvalue weighted by molar-refractivity contribution is -0.150. The molecule has 0 radical (unpaired) electrons. The van der Waals surface area contributed by atoms with Crippen LogP contribution in [-0.2, 0) is 9.53 Å². The highest BCUT2D eigenvalue weighted by molar-refractivity contribution is 5.94. The predicted molar refractivity (Wildman–Crippen MR) is 68.6 cm³/mol. The van der Waals surface area contributed by atoms with Crippen molar-refractivity contribution >= 4 is 11.8 Å². The predicted octanol–water partition coefficient (Wildman–Crippen LogP) is 0.507. The molecule has 2 fully saturated rings. The van der Waals surface area contributed by atoms with Crippen LogP contribution in [0.5, 0.6) is 0 Å². The second-order valence-corrected chi connectivity index (χ2v) is 5.14. The molecule has 106 valence electrons. The zero-order valence-electron chi connectivity index (χ0n) is 11.1. The molecule has 3 rings (SSSR count). The van der Waals surface area contributed by atoms with Crippen LogP contribution in [-0.4, -0.2) is 60.5 Å². The number of halogens is 1. The third kappa shape index (κ3) is 2.16. The number of carbonyl (C=O) groups excluding carboxylic acids is 2. The third-order valence-corrected chi connectivity index (χ3v) is 3.93. The lowest BCUT2D eigenvalue weighted by Crippen LogP contribution is -2.51. The molecule has 0 bridgehead atoms. The van der Waals surface area contributed by atoms with Crippen molar-refractivity contribution < 1.29 is 18.7 Å². The van der Waals surface area contributed by atoms with Gasteiger partial charge in [-0.3, -0.25) is 9.59 Å². The Kier molecular flexibility index (Phi) is 3.17. The highest BCUT2D eigenvalue weighted by Gasteiger charge is 2.43. The molecule has 2 aliphatic heterocycles. The topological polar surface area (TPSA) is 49.9 Å². The van der Waals surface area contributed by atoms with E-state index in [1.807, 2.05) is 0 Å². The monoisotopic (exact) mass is 278 g/mol. The highest BCUT2D eigenvalue weighted by Crippen LogP contribution is 2.23. The van der Waals surface area contributed by atoms with E-state index in [4.69, 9.17) is 4.74 Å². The summed E-state index contributed by atoms with van der Waals surface area (Å²) < 4.78 is 18.3. The first-order chi connectivity index (χ1) is 9.56. The van der Waals surface area contributed by atoms with Gasteiger partial charge in [0.05, 0.1) is 12.1 Å². The summed E-state index contributed by atoms with van der Waals surface area (Å²) in [5, 5.41) is 0. The van der Waals surface area contributed by atoms with Crippen LogP contribution >= 0.6 is 0 Å². The standard InChI is InChI=1S/C14H15FN2O3/c1-16-11-6-17(7-12(11)20-8-13(16)18)14(19)9-2-4-10(15)5-3-9/h2-5,11-12H,6-8H2,1H3/t11-,12+/m1/s1. The van der Waals surface area contributed by atoms with Gasteiger partial charge in [-0.1, -0.05) is 0 Å². The quantitative estimate of drug-likeness (QED) is 0.752. The van der Waals surface area contributed by atoms with Crippen LogP contribution < -0.4 is 0 Å². The maximum absolute atomic E-state index is 12.9. The first-order valence-corrected chi connectivity index (χ1v) is 6.48. The zero-order valence-corrected chi connectivity index (χ0v) is 11.1. The molecule has 6 heteroatoms. The lowest BCUT2D eigenvalue weighted by atomic mass is 10.1. The summed E-state index contributed by atoms with van der Waals surface area (Å²) in [4.78, 5) is 27.2. The average Bonchev–Trinajstić information content (AvgIpc) is 2.88. The molecule has 2 heterocycles.